The van der Waals surface area contributed by atoms with Crippen molar-refractivity contribution < 1.29 is 13.2 Å². The maximum atomic E-state index is 12.6. The van der Waals surface area contributed by atoms with Gasteiger partial charge < -0.3 is 9.47 Å². The number of hydrogen-bond donors (Lipinski definition) is 1. The van der Waals surface area contributed by atoms with Gasteiger partial charge in [0.15, 0.2) is 0 Å². The minimum Gasteiger partial charge on any atom is -0.341 e. The average molecular weight is 449 g/mol. The van der Waals surface area contributed by atoms with Crippen molar-refractivity contribution in [3.8, 4) is 0 Å². The first-order valence-corrected chi connectivity index (χ1v) is 11.6. The van der Waals surface area contributed by atoms with E-state index in [2.05, 4.69) is 11.9 Å². The van der Waals surface area contributed by atoms with Crippen molar-refractivity contribution in [1.82, 2.24) is 14.5 Å². The van der Waals surface area contributed by atoms with Crippen LogP contribution in [0.4, 0.5) is 0 Å². The molecule has 1 amide bonds. The van der Waals surface area contributed by atoms with Crippen molar-refractivity contribution in [2.75, 3.05) is 7.05 Å². The molecule has 0 fully saturated rings. The van der Waals surface area contributed by atoms with E-state index in [1.54, 1.807) is 24.1 Å². The Labute approximate surface area is 181 Å². The third kappa shape index (κ3) is 5.19. The van der Waals surface area contributed by atoms with E-state index < -0.39 is 10.0 Å². The molecule has 0 unspecified atom stereocenters. The quantitative estimate of drug-likeness (QED) is 0.571. The van der Waals surface area contributed by atoms with Gasteiger partial charge in [0.2, 0.25) is 15.9 Å². The zero-order valence-electron chi connectivity index (χ0n) is 17.0. The van der Waals surface area contributed by atoms with Crippen molar-refractivity contribution in [1.29, 1.82) is 0 Å². The number of aromatic nitrogens is 2. The fraction of sp³-hybridized carbons (Fsp3) is 0.333. The van der Waals surface area contributed by atoms with Crippen molar-refractivity contribution in [3.63, 3.8) is 0 Å². The van der Waals surface area contributed by atoms with E-state index in [9.17, 15) is 13.2 Å². The molecule has 1 aromatic heterocycles. The van der Waals surface area contributed by atoms with Crippen LogP contribution in [-0.2, 0) is 34.3 Å². The van der Waals surface area contributed by atoms with Crippen LogP contribution >= 0.6 is 11.6 Å². The third-order valence-corrected chi connectivity index (χ3v) is 6.02. The first-order chi connectivity index (χ1) is 14.2. The number of rotatable bonds is 8. The van der Waals surface area contributed by atoms with Crippen LogP contribution in [-0.4, -0.2) is 35.8 Å². The average Bonchev–Trinajstić information content (AvgIpc) is 3.02. The van der Waals surface area contributed by atoms with Gasteiger partial charge in [-0.3, -0.25) is 4.79 Å². The summed E-state index contributed by atoms with van der Waals surface area (Å²) in [5.74, 6) is 0.748. The molecule has 160 valence electrons. The van der Waals surface area contributed by atoms with Gasteiger partial charge in [-0.2, -0.15) is 0 Å². The van der Waals surface area contributed by atoms with Crippen molar-refractivity contribution in [2.45, 2.75) is 44.2 Å². The van der Waals surface area contributed by atoms with Crippen LogP contribution in [0.2, 0.25) is 5.02 Å². The lowest BCUT2D eigenvalue weighted by atomic mass is 10.2. The summed E-state index contributed by atoms with van der Waals surface area (Å²) < 4.78 is 25.3. The van der Waals surface area contributed by atoms with Crippen LogP contribution in [0.5, 0.6) is 0 Å². The molecule has 2 N–H and O–H groups in total. The molecule has 7 nitrogen and oxygen atoms in total. The number of nitrogens with zero attached hydrogens (tertiary/aromatic N) is 3. The van der Waals surface area contributed by atoms with Crippen LogP contribution in [0.15, 0.2) is 47.4 Å². The van der Waals surface area contributed by atoms with Crippen molar-refractivity contribution in [2.24, 2.45) is 5.14 Å². The number of amides is 1. The number of sulfonamides is 1. The second kappa shape index (κ2) is 9.16. The first kappa shape index (κ1) is 22.3. The largest absolute Gasteiger partial charge is 0.341 e. The summed E-state index contributed by atoms with van der Waals surface area (Å²) in [5, 5.41) is 5.87. The van der Waals surface area contributed by atoms with E-state index in [1.807, 2.05) is 22.8 Å². The molecule has 0 bridgehead atoms. The lowest BCUT2D eigenvalue weighted by molar-refractivity contribution is -0.130. The second-order valence-electron chi connectivity index (χ2n) is 7.25. The minimum atomic E-state index is -3.80. The molecule has 9 heteroatoms. The lowest BCUT2D eigenvalue weighted by Gasteiger charge is -2.17. The van der Waals surface area contributed by atoms with Crippen LogP contribution in [0.3, 0.4) is 0 Å². The molecule has 0 aliphatic rings. The van der Waals surface area contributed by atoms with Gasteiger partial charge in [-0.05, 0) is 42.3 Å². The topological polar surface area (TPSA) is 98.3 Å². The van der Waals surface area contributed by atoms with Crippen molar-refractivity contribution in [3.05, 3.63) is 58.9 Å². The van der Waals surface area contributed by atoms with E-state index >= 15 is 0 Å². The standard InChI is InChI=1S/C21H25ClN4O3S/c1-3-11-26-19-8-7-17(30(23,28)29)13-18(19)24-20(26)9-10-21(27)25(2)14-15-5-4-6-16(22)12-15/h4-8,12-13H,3,9-11,14H2,1-2H3,(H2,23,28,29). The van der Waals surface area contributed by atoms with E-state index in [0.717, 1.165) is 29.9 Å². The van der Waals surface area contributed by atoms with Gasteiger partial charge >= 0.3 is 0 Å². The van der Waals surface area contributed by atoms with Gasteiger partial charge in [0.05, 0.1) is 15.9 Å². The van der Waals surface area contributed by atoms with Gasteiger partial charge in [-0.1, -0.05) is 30.7 Å². The molecule has 0 aliphatic carbocycles. The lowest BCUT2D eigenvalue weighted by Crippen LogP contribution is -2.26. The molecule has 0 radical (unpaired) electrons. The number of aryl methyl sites for hydroxylation is 2. The van der Waals surface area contributed by atoms with Crippen LogP contribution in [0.1, 0.15) is 31.2 Å². The number of carbonyl (C=O) groups is 1. The Kier molecular flexibility index (Phi) is 6.80. The Morgan fingerprint density at radius 2 is 2.00 bits per heavy atom. The van der Waals surface area contributed by atoms with E-state index in [1.165, 1.54) is 12.1 Å². The van der Waals surface area contributed by atoms with Crippen LogP contribution in [0, 0.1) is 0 Å². The highest BCUT2D eigenvalue weighted by Gasteiger charge is 2.17. The fourth-order valence-corrected chi connectivity index (χ4v) is 4.15. The van der Waals surface area contributed by atoms with E-state index in [0.29, 0.717) is 29.9 Å². The molecule has 30 heavy (non-hydrogen) atoms. The zero-order chi connectivity index (χ0) is 21.9. The van der Waals surface area contributed by atoms with Gasteiger partial charge in [0, 0.05) is 38.0 Å². The molecule has 0 saturated heterocycles. The Morgan fingerprint density at radius 3 is 2.67 bits per heavy atom. The van der Waals surface area contributed by atoms with Crippen molar-refractivity contribution >= 4 is 38.6 Å². The highest BCUT2D eigenvalue weighted by atomic mass is 35.5. The molecule has 0 aliphatic heterocycles. The number of halogens is 1. The summed E-state index contributed by atoms with van der Waals surface area (Å²) in [4.78, 5) is 18.9. The normalized spacial score (nSPS) is 11.7. The Morgan fingerprint density at radius 1 is 1.23 bits per heavy atom. The second-order valence-corrected chi connectivity index (χ2v) is 9.25. The summed E-state index contributed by atoms with van der Waals surface area (Å²) in [7, 11) is -2.04. The molecule has 3 rings (SSSR count). The number of carbonyl (C=O) groups excluding carboxylic acids is 1. The highest BCUT2D eigenvalue weighted by Crippen LogP contribution is 2.22. The Bertz CT molecular complexity index is 1170. The summed E-state index contributed by atoms with van der Waals surface area (Å²) in [6, 6.07) is 12.1. The maximum absolute atomic E-state index is 12.6. The number of hydrogen-bond acceptors (Lipinski definition) is 4. The molecular weight excluding hydrogens is 424 g/mol. The number of benzene rings is 2. The molecule has 1 heterocycles. The van der Waals surface area contributed by atoms with Crippen LogP contribution < -0.4 is 5.14 Å². The highest BCUT2D eigenvalue weighted by molar-refractivity contribution is 7.89. The number of primary sulfonamides is 1. The summed E-state index contributed by atoms with van der Waals surface area (Å²) in [6.45, 7) is 3.26. The van der Waals surface area contributed by atoms with Gasteiger partial charge in [0.25, 0.3) is 0 Å². The predicted octanol–water partition coefficient (Wildman–Crippen LogP) is 3.34. The van der Waals surface area contributed by atoms with Gasteiger partial charge in [0.1, 0.15) is 5.82 Å². The predicted molar refractivity (Wildman–Crippen MR) is 118 cm³/mol. The Hall–Kier alpha value is -2.42. The van der Waals surface area contributed by atoms with E-state index in [4.69, 9.17) is 16.7 Å². The fourth-order valence-electron chi connectivity index (χ4n) is 3.41. The maximum Gasteiger partial charge on any atom is 0.238 e. The smallest absolute Gasteiger partial charge is 0.238 e. The van der Waals surface area contributed by atoms with Gasteiger partial charge in [-0.25, -0.2) is 18.5 Å². The summed E-state index contributed by atoms with van der Waals surface area (Å²) in [6.07, 6.45) is 1.64. The molecule has 0 saturated carbocycles. The first-order valence-electron chi connectivity index (χ1n) is 9.69. The number of nitrogens with two attached hydrogens (primary N) is 1. The molecule has 0 spiro atoms. The summed E-state index contributed by atoms with van der Waals surface area (Å²) in [5.41, 5.74) is 2.36. The Balaban J connectivity index is 1.77. The molecular formula is C21H25ClN4O3S. The molecule has 0 atom stereocenters. The van der Waals surface area contributed by atoms with Gasteiger partial charge in [-0.15, -0.1) is 0 Å². The number of fused-ring (bicyclic) bond motifs is 1. The third-order valence-electron chi connectivity index (χ3n) is 4.87. The monoisotopic (exact) mass is 448 g/mol. The van der Waals surface area contributed by atoms with Crippen LogP contribution in [0.25, 0.3) is 11.0 Å². The zero-order valence-corrected chi connectivity index (χ0v) is 18.6. The SMILES string of the molecule is CCCn1c(CCC(=O)N(C)Cc2cccc(Cl)c2)nc2cc(S(N)(=O)=O)ccc21. The molecule has 3 aromatic rings. The number of imidazole rings is 1. The summed E-state index contributed by atoms with van der Waals surface area (Å²) >= 11 is 6.01. The minimum absolute atomic E-state index is 0.00435. The van der Waals surface area contributed by atoms with E-state index in [-0.39, 0.29) is 10.8 Å². The molecule has 2 aromatic carbocycles.